The Morgan fingerprint density at radius 2 is 1.75 bits per heavy atom. The number of benzene rings is 2. The molecule has 32 heavy (non-hydrogen) atoms. The van der Waals surface area contributed by atoms with Gasteiger partial charge < -0.3 is 4.42 Å². The molecule has 0 radical (unpaired) electrons. The van der Waals surface area contributed by atoms with Gasteiger partial charge in [-0.25, -0.2) is 0 Å². The minimum Gasteiger partial charge on any atom is -0.463 e. The van der Waals surface area contributed by atoms with E-state index in [0.717, 1.165) is 27.8 Å². The Bertz CT molecular complexity index is 1620. The third-order valence-electron chi connectivity index (χ3n) is 6.02. The van der Waals surface area contributed by atoms with Gasteiger partial charge in [0.2, 0.25) is 0 Å². The Balaban J connectivity index is 1.60. The number of hydrogen-bond acceptors (Lipinski definition) is 4. The smallest absolute Gasteiger partial charge is 0.152 e. The molecule has 6 aromatic rings. The van der Waals surface area contributed by atoms with Crippen LogP contribution in [0.15, 0.2) is 83.9 Å². The van der Waals surface area contributed by atoms with E-state index in [4.69, 9.17) is 9.40 Å². The lowest BCUT2D eigenvalue weighted by atomic mass is 9.82. The van der Waals surface area contributed by atoms with Crippen molar-refractivity contribution < 1.29 is 4.42 Å². The van der Waals surface area contributed by atoms with E-state index in [9.17, 15) is 0 Å². The van der Waals surface area contributed by atoms with Crippen LogP contribution < -0.4 is 0 Å². The monoisotopic (exact) mass is 434 g/mol. The van der Waals surface area contributed by atoms with Crippen molar-refractivity contribution in [3.63, 3.8) is 0 Å². The van der Waals surface area contributed by atoms with E-state index in [1.807, 2.05) is 18.5 Å². The fourth-order valence-electron chi connectivity index (χ4n) is 4.46. The summed E-state index contributed by atoms with van der Waals surface area (Å²) in [5, 5.41) is 4.83. The van der Waals surface area contributed by atoms with Crippen molar-refractivity contribution in [3.8, 4) is 21.7 Å². The molecule has 0 bridgehead atoms. The highest BCUT2D eigenvalue weighted by molar-refractivity contribution is 7.22. The van der Waals surface area contributed by atoms with E-state index in [-0.39, 0.29) is 5.41 Å². The van der Waals surface area contributed by atoms with Crippen LogP contribution in [-0.2, 0) is 5.41 Å². The van der Waals surface area contributed by atoms with E-state index in [0.29, 0.717) is 0 Å². The summed E-state index contributed by atoms with van der Waals surface area (Å²) in [6.07, 6.45) is 7.32. The summed E-state index contributed by atoms with van der Waals surface area (Å²) in [6.45, 7) is 6.82. The number of pyridine rings is 2. The molecule has 0 aliphatic rings. The average molecular weight is 435 g/mol. The minimum atomic E-state index is 0.0344. The molecule has 4 heterocycles. The van der Waals surface area contributed by atoms with Crippen LogP contribution in [0.25, 0.3) is 53.5 Å². The molecule has 6 rings (SSSR count). The molecule has 0 saturated carbocycles. The highest BCUT2D eigenvalue weighted by Gasteiger charge is 2.20. The Kier molecular flexibility index (Phi) is 4.21. The average Bonchev–Trinajstić information content (AvgIpc) is 3.44. The molecule has 3 nitrogen and oxygen atoms in total. The summed E-state index contributed by atoms with van der Waals surface area (Å²) in [6, 6.07) is 19.6. The zero-order valence-corrected chi connectivity index (χ0v) is 19.0. The Morgan fingerprint density at radius 3 is 2.62 bits per heavy atom. The molecule has 156 valence electrons. The standard InChI is InChI=1S/C28H22N2OS/c1-28(2,3)23-13-19(12-17-6-4-5-7-20(17)23)26-27-18(8-10-30-26)14-25(32-27)22-15-29-16-24-21(22)9-11-31-24/h4-16H,1-3H3. The first-order chi connectivity index (χ1) is 15.5. The summed E-state index contributed by atoms with van der Waals surface area (Å²) in [5.41, 5.74) is 5.47. The fourth-order valence-corrected chi connectivity index (χ4v) is 5.65. The van der Waals surface area contributed by atoms with E-state index in [2.05, 4.69) is 74.3 Å². The van der Waals surface area contributed by atoms with Gasteiger partial charge in [-0.15, -0.1) is 11.3 Å². The normalized spacial score (nSPS) is 12.2. The van der Waals surface area contributed by atoms with Crippen molar-refractivity contribution in [2.24, 2.45) is 0 Å². The summed E-state index contributed by atoms with van der Waals surface area (Å²) in [4.78, 5) is 10.4. The molecular formula is C28H22N2OS. The number of thiophene rings is 1. The van der Waals surface area contributed by atoms with Gasteiger partial charge in [-0.05, 0) is 57.5 Å². The maximum Gasteiger partial charge on any atom is 0.152 e. The van der Waals surface area contributed by atoms with Crippen molar-refractivity contribution >= 4 is 43.2 Å². The molecule has 2 aromatic carbocycles. The predicted molar refractivity (Wildman–Crippen MR) is 134 cm³/mol. The van der Waals surface area contributed by atoms with Gasteiger partial charge in [-0.2, -0.15) is 0 Å². The van der Waals surface area contributed by atoms with Gasteiger partial charge >= 0.3 is 0 Å². The minimum absolute atomic E-state index is 0.0344. The number of nitrogens with zero attached hydrogens (tertiary/aromatic N) is 2. The highest BCUT2D eigenvalue weighted by atomic mass is 32.1. The number of furan rings is 1. The third-order valence-corrected chi connectivity index (χ3v) is 7.21. The second kappa shape index (κ2) is 7.01. The van der Waals surface area contributed by atoms with E-state index < -0.39 is 0 Å². The maximum absolute atomic E-state index is 5.56. The van der Waals surface area contributed by atoms with Crippen LogP contribution in [0.2, 0.25) is 0 Å². The quantitative estimate of drug-likeness (QED) is 0.275. The second-order valence-corrected chi connectivity index (χ2v) is 10.3. The number of hydrogen-bond donors (Lipinski definition) is 0. The van der Waals surface area contributed by atoms with Gasteiger partial charge in [0.05, 0.1) is 22.9 Å². The molecule has 4 aromatic heterocycles. The maximum atomic E-state index is 5.56. The van der Waals surface area contributed by atoms with Crippen LogP contribution in [0.1, 0.15) is 26.3 Å². The van der Waals surface area contributed by atoms with E-state index in [1.165, 1.54) is 31.3 Å². The lowest BCUT2D eigenvalue weighted by molar-refractivity contribution is 0.596. The molecule has 0 atom stereocenters. The van der Waals surface area contributed by atoms with Gasteiger partial charge in [-0.1, -0.05) is 45.0 Å². The van der Waals surface area contributed by atoms with Gasteiger partial charge in [-0.3, -0.25) is 9.97 Å². The SMILES string of the molecule is CC(C)(C)c1cc(-c2nccc3cc(-c4cncc5occc45)sc23)cc2ccccc12. The molecule has 0 spiro atoms. The molecule has 0 aliphatic heterocycles. The number of aromatic nitrogens is 2. The Morgan fingerprint density at radius 1 is 0.875 bits per heavy atom. The Labute approximate surface area is 190 Å². The predicted octanol–water partition coefficient (Wildman–Crippen LogP) is 8.22. The van der Waals surface area contributed by atoms with Crippen molar-refractivity contribution in [2.45, 2.75) is 26.2 Å². The largest absolute Gasteiger partial charge is 0.463 e. The van der Waals surface area contributed by atoms with E-state index in [1.54, 1.807) is 23.8 Å². The summed E-state index contributed by atoms with van der Waals surface area (Å²) in [5.74, 6) is 0. The van der Waals surface area contributed by atoms with Crippen LogP contribution in [-0.4, -0.2) is 9.97 Å². The van der Waals surface area contributed by atoms with Crippen LogP contribution >= 0.6 is 11.3 Å². The zero-order valence-electron chi connectivity index (χ0n) is 18.2. The molecule has 0 amide bonds. The van der Waals surface area contributed by atoms with Crippen LogP contribution in [0.5, 0.6) is 0 Å². The second-order valence-electron chi connectivity index (χ2n) is 9.20. The summed E-state index contributed by atoms with van der Waals surface area (Å²) in [7, 11) is 0. The first-order valence-corrected chi connectivity index (χ1v) is 11.5. The lowest BCUT2D eigenvalue weighted by Gasteiger charge is -2.22. The number of fused-ring (bicyclic) bond motifs is 3. The molecule has 0 aliphatic carbocycles. The van der Waals surface area contributed by atoms with Crippen LogP contribution in [0, 0.1) is 0 Å². The van der Waals surface area contributed by atoms with Crippen LogP contribution in [0.3, 0.4) is 0 Å². The molecule has 0 N–H and O–H groups in total. The Hall–Kier alpha value is -3.50. The lowest BCUT2D eigenvalue weighted by Crippen LogP contribution is -2.12. The molecule has 0 saturated heterocycles. The van der Waals surface area contributed by atoms with Crippen molar-refractivity contribution in [1.82, 2.24) is 9.97 Å². The van der Waals surface area contributed by atoms with Gasteiger partial charge in [0.1, 0.15) is 0 Å². The van der Waals surface area contributed by atoms with Crippen molar-refractivity contribution in [1.29, 1.82) is 0 Å². The molecule has 0 unspecified atom stereocenters. The number of rotatable bonds is 2. The van der Waals surface area contributed by atoms with Crippen LogP contribution in [0.4, 0.5) is 0 Å². The fraction of sp³-hybridized carbons (Fsp3) is 0.143. The molecule has 0 fully saturated rings. The topological polar surface area (TPSA) is 38.9 Å². The first-order valence-electron chi connectivity index (χ1n) is 10.7. The summed E-state index contributed by atoms with van der Waals surface area (Å²) < 4.78 is 6.76. The molecule has 4 heteroatoms. The molecular weight excluding hydrogens is 412 g/mol. The highest BCUT2D eigenvalue weighted by Crippen LogP contribution is 2.42. The summed E-state index contributed by atoms with van der Waals surface area (Å²) >= 11 is 1.76. The van der Waals surface area contributed by atoms with Gasteiger partial charge in [0.25, 0.3) is 0 Å². The third kappa shape index (κ3) is 3.02. The zero-order chi connectivity index (χ0) is 21.9. The van der Waals surface area contributed by atoms with Crippen molar-refractivity contribution in [3.05, 3.63) is 85.0 Å². The van der Waals surface area contributed by atoms with E-state index >= 15 is 0 Å². The van der Waals surface area contributed by atoms with Gasteiger partial charge in [0, 0.05) is 33.8 Å². The first kappa shape index (κ1) is 19.2. The van der Waals surface area contributed by atoms with Crippen molar-refractivity contribution in [2.75, 3.05) is 0 Å². The van der Waals surface area contributed by atoms with Gasteiger partial charge in [0.15, 0.2) is 5.58 Å².